The van der Waals surface area contributed by atoms with E-state index in [4.69, 9.17) is 0 Å². The van der Waals surface area contributed by atoms with Crippen molar-refractivity contribution < 1.29 is 18.0 Å². The van der Waals surface area contributed by atoms with Crippen LogP contribution < -0.4 is 0 Å². The fourth-order valence-electron chi connectivity index (χ4n) is 2.75. The van der Waals surface area contributed by atoms with Crippen LogP contribution in [0.1, 0.15) is 37.2 Å². The molecule has 1 fully saturated rings. The van der Waals surface area contributed by atoms with E-state index in [1.54, 1.807) is 11.0 Å². The largest absolute Gasteiger partial charge is 0.453 e. The Hall–Kier alpha value is -2.19. The van der Waals surface area contributed by atoms with Gasteiger partial charge in [0.2, 0.25) is 5.91 Å². The van der Waals surface area contributed by atoms with Crippen molar-refractivity contribution in [2.75, 3.05) is 13.1 Å². The monoisotopic (exact) mass is 313 g/mol. The summed E-state index contributed by atoms with van der Waals surface area (Å²) in [5.74, 6) is -1.40. The Bertz CT molecular complexity index is 711. The first-order chi connectivity index (χ1) is 10.4. The van der Waals surface area contributed by atoms with E-state index in [9.17, 15) is 18.0 Å². The Morgan fingerprint density at radius 2 is 2.18 bits per heavy atom. The van der Waals surface area contributed by atoms with E-state index < -0.39 is 12.0 Å². The first kappa shape index (κ1) is 14.7. The quantitative estimate of drug-likeness (QED) is 0.806. The Labute approximate surface area is 124 Å². The van der Waals surface area contributed by atoms with Gasteiger partial charge in [0.15, 0.2) is 0 Å². The third-order valence-electron chi connectivity index (χ3n) is 3.81. The normalized spacial score (nSPS) is 19.6. The van der Waals surface area contributed by atoms with Gasteiger partial charge in [-0.25, -0.2) is 9.50 Å². The van der Waals surface area contributed by atoms with Crippen molar-refractivity contribution in [3.05, 3.63) is 23.8 Å². The van der Waals surface area contributed by atoms with E-state index in [-0.39, 0.29) is 17.6 Å². The molecule has 1 aliphatic heterocycles. The summed E-state index contributed by atoms with van der Waals surface area (Å²) >= 11 is 0. The molecule has 1 saturated heterocycles. The zero-order chi connectivity index (χ0) is 15.9. The molecule has 0 saturated carbocycles. The maximum absolute atomic E-state index is 12.7. The number of amides is 1. The zero-order valence-electron chi connectivity index (χ0n) is 11.8. The van der Waals surface area contributed by atoms with Crippen molar-refractivity contribution in [2.24, 2.45) is 0 Å². The molecule has 0 spiro atoms. The average Bonchev–Trinajstić information content (AvgIpc) is 2.91. The number of nitrogens with zero attached hydrogens (tertiary/aromatic N) is 5. The summed E-state index contributed by atoms with van der Waals surface area (Å²) in [7, 11) is 0. The first-order valence-corrected chi connectivity index (χ1v) is 6.90. The Balaban J connectivity index is 2.00. The Morgan fingerprint density at radius 1 is 1.41 bits per heavy atom. The topological polar surface area (TPSA) is 63.4 Å². The highest BCUT2D eigenvalue weighted by atomic mass is 19.4. The van der Waals surface area contributed by atoms with Crippen LogP contribution in [0.4, 0.5) is 13.2 Å². The Morgan fingerprint density at radius 3 is 2.86 bits per heavy atom. The minimum atomic E-state index is -4.61. The molecule has 2 aromatic rings. The van der Waals surface area contributed by atoms with Crippen LogP contribution >= 0.6 is 0 Å². The summed E-state index contributed by atoms with van der Waals surface area (Å²) in [5, 5.41) is 3.54. The van der Waals surface area contributed by atoms with Gasteiger partial charge in [0.05, 0.1) is 5.69 Å². The molecule has 3 heterocycles. The minimum absolute atomic E-state index is 0.0374. The molecule has 118 valence electrons. The molecule has 22 heavy (non-hydrogen) atoms. The van der Waals surface area contributed by atoms with Gasteiger partial charge < -0.3 is 4.90 Å². The molecular formula is C13H14F3N5O. The lowest BCUT2D eigenvalue weighted by atomic mass is 9.94. The zero-order valence-corrected chi connectivity index (χ0v) is 11.8. The van der Waals surface area contributed by atoms with Crippen molar-refractivity contribution in [1.29, 1.82) is 0 Å². The molecule has 1 atom stereocenters. The molecule has 2 aromatic heterocycles. The van der Waals surface area contributed by atoms with Crippen LogP contribution in [0.5, 0.6) is 0 Å². The summed E-state index contributed by atoms with van der Waals surface area (Å²) in [6, 6.07) is 1.64. The van der Waals surface area contributed by atoms with Crippen molar-refractivity contribution in [1.82, 2.24) is 24.5 Å². The Kier molecular flexibility index (Phi) is 3.50. The van der Waals surface area contributed by atoms with Crippen LogP contribution in [0, 0.1) is 0 Å². The van der Waals surface area contributed by atoms with Gasteiger partial charge in [-0.2, -0.15) is 18.2 Å². The summed E-state index contributed by atoms with van der Waals surface area (Å²) < 4.78 is 39.4. The van der Waals surface area contributed by atoms with Crippen molar-refractivity contribution in [3.63, 3.8) is 0 Å². The number of carbonyl (C=O) groups excluding carboxylic acids is 1. The first-order valence-electron chi connectivity index (χ1n) is 6.90. The second kappa shape index (κ2) is 5.22. The van der Waals surface area contributed by atoms with Crippen LogP contribution in [0.25, 0.3) is 5.78 Å². The molecule has 0 bridgehead atoms. The second-order valence-corrected chi connectivity index (χ2v) is 5.32. The predicted molar refractivity (Wildman–Crippen MR) is 70.0 cm³/mol. The maximum Gasteiger partial charge on any atom is 0.453 e. The number of hydrogen-bond donors (Lipinski definition) is 0. The van der Waals surface area contributed by atoms with Crippen LogP contribution in [-0.4, -0.2) is 43.5 Å². The highest BCUT2D eigenvalue weighted by molar-refractivity contribution is 5.73. The van der Waals surface area contributed by atoms with Gasteiger partial charge >= 0.3 is 6.18 Å². The van der Waals surface area contributed by atoms with Gasteiger partial charge in [0.1, 0.15) is 0 Å². The second-order valence-electron chi connectivity index (χ2n) is 5.32. The molecule has 0 aromatic carbocycles. The average molecular weight is 313 g/mol. The van der Waals surface area contributed by atoms with E-state index in [0.717, 1.165) is 17.4 Å². The van der Waals surface area contributed by atoms with Crippen molar-refractivity contribution >= 4 is 11.7 Å². The lowest BCUT2D eigenvalue weighted by Gasteiger charge is -2.32. The molecule has 0 N–H and O–H groups in total. The number of alkyl halides is 3. The number of likely N-dealkylation sites (tertiary alicyclic amines) is 1. The summed E-state index contributed by atoms with van der Waals surface area (Å²) in [4.78, 5) is 20.5. The van der Waals surface area contributed by atoms with Crippen LogP contribution in [0.2, 0.25) is 0 Å². The van der Waals surface area contributed by atoms with Gasteiger partial charge in [-0.3, -0.25) is 4.79 Å². The van der Waals surface area contributed by atoms with Gasteiger partial charge in [0, 0.05) is 32.1 Å². The standard InChI is InChI=1S/C13H14F3N5O/c1-8(22)20-6-2-3-9(7-20)10-4-5-17-12-18-11(13(14,15)16)19-21(10)12/h4-5,9H,2-3,6-7H2,1H3. The molecule has 0 aliphatic carbocycles. The van der Waals surface area contributed by atoms with Crippen LogP contribution in [0.15, 0.2) is 12.3 Å². The number of rotatable bonds is 1. The molecule has 1 unspecified atom stereocenters. The van der Waals surface area contributed by atoms with Gasteiger partial charge in [-0.05, 0) is 18.9 Å². The molecule has 1 aliphatic rings. The summed E-state index contributed by atoms with van der Waals surface area (Å²) in [5.41, 5.74) is 0.596. The van der Waals surface area contributed by atoms with Gasteiger partial charge in [-0.15, -0.1) is 5.10 Å². The fraction of sp³-hybridized carbons (Fsp3) is 0.538. The highest BCUT2D eigenvalue weighted by Crippen LogP contribution is 2.29. The third kappa shape index (κ3) is 2.62. The number of hydrogen-bond acceptors (Lipinski definition) is 4. The summed E-state index contributed by atoms with van der Waals surface area (Å²) in [6.07, 6.45) is -1.60. The van der Waals surface area contributed by atoms with E-state index in [0.29, 0.717) is 18.8 Å². The van der Waals surface area contributed by atoms with Crippen LogP contribution in [-0.2, 0) is 11.0 Å². The lowest BCUT2D eigenvalue weighted by molar-refractivity contribution is -0.144. The van der Waals surface area contributed by atoms with E-state index in [1.165, 1.54) is 13.1 Å². The minimum Gasteiger partial charge on any atom is -0.342 e. The van der Waals surface area contributed by atoms with Gasteiger partial charge in [-0.1, -0.05) is 0 Å². The van der Waals surface area contributed by atoms with E-state index in [1.807, 2.05) is 0 Å². The third-order valence-corrected chi connectivity index (χ3v) is 3.81. The van der Waals surface area contributed by atoms with E-state index >= 15 is 0 Å². The predicted octanol–water partition coefficient (Wildman–Crippen LogP) is 1.87. The number of piperidine rings is 1. The van der Waals surface area contributed by atoms with Crippen LogP contribution in [0.3, 0.4) is 0 Å². The van der Waals surface area contributed by atoms with Crippen molar-refractivity contribution in [2.45, 2.75) is 31.9 Å². The fourth-order valence-corrected chi connectivity index (χ4v) is 2.75. The lowest BCUT2D eigenvalue weighted by Crippen LogP contribution is -2.38. The van der Waals surface area contributed by atoms with E-state index in [2.05, 4.69) is 15.1 Å². The number of halogens is 3. The number of carbonyl (C=O) groups is 1. The molecular weight excluding hydrogens is 299 g/mol. The number of fused-ring (bicyclic) bond motifs is 1. The SMILES string of the molecule is CC(=O)N1CCCC(c2ccnc3nc(C(F)(F)F)nn23)C1. The molecule has 6 nitrogen and oxygen atoms in total. The maximum atomic E-state index is 12.7. The molecule has 9 heteroatoms. The van der Waals surface area contributed by atoms with Gasteiger partial charge in [0.25, 0.3) is 11.6 Å². The highest BCUT2D eigenvalue weighted by Gasteiger charge is 2.37. The smallest absolute Gasteiger partial charge is 0.342 e. The summed E-state index contributed by atoms with van der Waals surface area (Å²) in [6.45, 7) is 2.63. The number of aromatic nitrogens is 4. The molecule has 3 rings (SSSR count). The molecule has 1 amide bonds. The molecule has 0 radical (unpaired) electrons. The van der Waals surface area contributed by atoms with Crippen molar-refractivity contribution in [3.8, 4) is 0 Å².